The molecule has 0 aromatic heterocycles. The molecule has 0 spiro atoms. The van der Waals surface area contributed by atoms with Gasteiger partial charge in [-0.2, -0.15) is 88.4 Å². The van der Waals surface area contributed by atoms with Crippen LogP contribution >= 0.6 is 88.4 Å². The van der Waals surface area contributed by atoms with Gasteiger partial charge in [0, 0.05) is 110 Å². The summed E-state index contributed by atoms with van der Waals surface area (Å²) in [6, 6.07) is 0. The molecule has 812 valence electrons. The Balaban J connectivity index is -0.000000204. The van der Waals surface area contributed by atoms with Crippen LogP contribution in [0.3, 0.4) is 0 Å². The van der Waals surface area contributed by atoms with Gasteiger partial charge in [-0.3, -0.25) is 38.4 Å². The summed E-state index contributed by atoms with van der Waals surface area (Å²) in [6.45, 7) is 17.8. The van der Waals surface area contributed by atoms with Gasteiger partial charge in [-0.1, -0.05) is 261 Å². The van der Waals surface area contributed by atoms with E-state index < -0.39 is 78.0 Å². The number of hydrogen-bond acceptors (Lipinski definition) is 35. The number of rotatable bonds is 85. The molecule has 0 aliphatic carbocycles. The molecular weight excluding hydrogens is 2130 g/mol. The molecule has 0 saturated heterocycles. The van der Waals surface area contributed by atoms with E-state index in [9.17, 15) is 97.8 Å². The number of esters is 8. The monoisotopic (exact) mass is 2320 g/mol. The summed E-state index contributed by atoms with van der Waals surface area (Å²) in [4.78, 5) is 159. The third-order valence-electron chi connectivity index (χ3n) is 20.8. The van der Waals surface area contributed by atoms with Crippen molar-refractivity contribution < 1.29 is 136 Å². The van der Waals surface area contributed by atoms with E-state index in [-0.39, 0.29) is 93.4 Å². The van der Waals surface area contributed by atoms with Gasteiger partial charge in [-0.05, 0) is 163 Å². The fraction of sp³-hybridized carbons (Fsp3) is 0.863. The van der Waals surface area contributed by atoms with Crippen LogP contribution in [0.4, 0.5) is 0 Å². The molecule has 0 saturated carbocycles. The Bertz CT molecular complexity index is 2520. The molecule has 0 bridgehead atoms. The zero-order chi connectivity index (χ0) is 107. The molecule has 139 heavy (non-hydrogen) atoms. The molecule has 0 N–H and O–H groups in total. The van der Waals surface area contributed by atoms with Crippen molar-refractivity contribution in [3.63, 3.8) is 0 Å². The first kappa shape index (κ1) is 153. The Morgan fingerprint density at radius 1 is 0.201 bits per heavy atom. The van der Waals surface area contributed by atoms with Gasteiger partial charge in [-0.15, -0.1) is 0 Å². The van der Waals surface area contributed by atoms with E-state index in [2.05, 4.69) is 154 Å². The standard InChI is InChI=1S/4C19H36O4S.3C8H14O4S.2CH3.2Sn/c4*1-3-5-7-9-11-13-18(20)22-15-17(16-24)23-19(21)14-12-10-8-6-4-2;3*9-7(10)3-1-2-6(4-5-13)8(11)12;;;;/h4*17,24H,3-16H2,1-2H3;3*6,13H,1-5H2,(H,9,10)(H,11,12);2*1H3;;/q;;;;;;;;;2*+3/p-6. The van der Waals surface area contributed by atoms with E-state index >= 15 is 0 Å². The summed E-state index contributed by atoms with van der Waals surface area (Å²) in [5.41, 5.74) is 0. The fourth-order valence-corrected chi connectivity index (χ4v) is 14.2. The van der Waals surface area contributed by atoms with Crippen LogP contribution in [-0.4, -0.2) is 220 Å². The summed E-state index contributed by atoms with van der Waals surface area (Å²) in [5.74, 6) is -7.49. The molecule has 0 amide bonds. The van der Waals surface area contributed by atoms with Crippen LogP contribution in [0.15, 0.2) is 0 Å². The predicted molar refractivity (Wildman–Crippen MR) is 566 cm³/mol. The molecule has 0 aromatic carbocycles. The van der Waals surface area contributed by atoms with Crippen LogP contribution in [0, 0.1) is 17.8 Å². The Kier molecular flexibility index (Phi) is 138. The number of hydrogen-bond donors (Lipinski definition) is 7. The number of aliphatic carboxylic acids is 6. The fourth-order valence-electron chi connectivity index (χ4n) is 12.6. The van der Waals surface area contributed by atoms with Gasteiger partial charge in [0.25, 0.3) is 0 Å². The van der Waals surface area contributed by atoms with Crippen LogP contribution in [-0.2, 0) is 105 Å². The summed E-state index contributed by atoms with van der Waals surface area (Å²) in [6.07, 6.45) is 48.4. The third-order valence-corrected chi connectivity index (χ3v) is 23.2. The van der Waals surface area contributed by atoms with Crippen molar-refractivity contribution in [3.05, 3.63) is 0 Å². The minimum atomic E-state index is -1.15. The first-order valence-corrected chi connectivity index (χ1v) is 61.8. The molecule has 0 aromatic rings. The van der Waals surface area contributed by atoms with E-state index in [1.807, 2.05) is 0 Å². The van der Waals surface area contributed by atoms with Gasteiger partial charge in [0.15, 0.2) is 0 Å². The summed E-state index contributed by atoms with van der Waals surface area (Å²) in [5, 5.41) is 61.4. The molecule has 0 rings (SSSR count). The molecule has 28 nitrogen and oxygen atoms in total. The molecule has 7 atom stereocenters. The Labute approximate surface area is 904 Å². The Morgan fingerprint density at radius 2 is 0.345 bits per heavy atom. The normalized spacial score (nSPS) is 11.8. The molecule has 0 aliphatic heterocycles. The molecule has 0 aliphatic rings. The summed E-state index contributed by atoms with van der Waals surface area (Å²) < 4.78 is 42.1. The van der Waals surface area contributed by atoms with E-state index in [0.29, 0.717) is 149 Å². The topological polar surface area (TPSA) is 451 Å². The van der Waals surface area contributed by atoms with Gasteiger partial charge in [0.05, 0.1) is 0 Å². The van der Waals surface area contributed by atoms with Gasteiger partial charge < -0.3 is 97.3 Å². The first-order chi connectivity index (χ1) is 66.8. The number of carbonyl (C=O) groups excluding carboxylic acids is 14. The second-order valence-electron chi connectivity index (χ2n) is 33.6. The molecule has 37 heteroatoms. The van der Waals surface area contributed by atoms with Gasteiger partial charge in [-0.25, -0.2) is 0 Å². The van der Waals surface area contributed by atoms with Crippen LogP contribution in [0.25, 0.3) is 0 Å². The van der Waals surface area contributed by atoms with E-state index in [1.165, 1.54) is 128 Å². The van der Waals surface area contributed by atoms with E-state index in [0.717, 1.165) is 128 Å². The second kappa shape index (κ2) is 125. The minimum absolute atomic E-state index is 0.101. The number of carbonyl (C=O) groups is 14. The number of unbranched alkanes of at least 4 members (excludes halogenated alkanes) is 32. The molecule has 0 radical (unpaired) electrons. The number of thiol groups is 7. The summed E-state index contributed by atoms with van der Waals surface area (Å²) in [7, 11) is 0. The quantitative estimate of drug-likeness (QED) is 0.00977. The van der Waals surface area contributed by atoms with Crippen LogP contribution in [0.1, 0.15) is 441 Å². The van der Waals surface area contributed by atoms with Crippen molar-refractivity contribution in [2.45, 2.75) is 475 Å². The van der Waals surface area contributed by atoms with Gasteiger partial charge in [0.1, 0.15) is 50.8 Å². The number of ether oxygens (including phenoxy) is 8. The predicted octanol–water partition coefficient (Wildman–Crippen LogP) is 16.6. The number of carboxylic acids is 6. The van der Waals surface area contributed by atoms with Crippen molar-refractivity contribution in [2.24, 2.45) is 17.8 Å². The third kappa shape index (κ3) is 129. The average molecular weight is 2320 g/mol. The Hall–Kier alpha value is -3.37. The van der Waals surface area contributed by atoms with Crippen LogP contribution in [0.5, 0.6) is 0 Å². The average Bonchev–Trinajstić information content (AvgIpc) is 0.968. The van der Waals surface area contributed by atoms with Gasteiger partial charge in [0.2, 0.25) is 0 Å². The van der Waals surface area contributed by atoms with Crippen molar-refractivity contribution in [1.29, 1.82) is 0 Å². The molecule has 0 heterocycles. The summed E-state index contributed by atoms with van der Waals surface area (Å²) >= 11 is 31.5. The second-order valence-corrected chi connectivity index (χ2v) is 36.4. The van der Waals surface area contributed by atoms with Crippen LogP contribution < -0.4 is 30.6 Å². The molecule has 7 unspecified atom stereocenters. The number of carboxylic acid groups (broad SMARTS) is 6. The first-order valence-electron chi connectivity index (χ1n) is 51.7. The van der Waals surface area contributed by atoms with Crippen LogP contribution in [0.2, 0.25) is 9.88 Å². The van der Waals surface area contributed by atoms with Crippen molar-refractivity contribution >= 4 is 217 Å². The SMILES string of the molecule is CCCCCCCC(=O)OCC(CS)OC(=O)CCCCCCC.CCCCCCCC(=O)OCC(CS)OC(=O)CCCCCCC.CCCCCCCC(=O)OCC(CS)OC(=O)CCCCCCC.CCCCCCCC(=O)OCC(CS)OC(=O)CCCCCCC.O=C([O-])CCCC(CCS)C(=O)[O-].O=C([O-])CCCC(CCS)C(=O)[O-].O=C([O-])CCCC(CCS)C(=O)[O-].[CH3][Sn+3].[CH3][Sn+3]. The zero-order valence-electron chi connectivity index (χ0n) is 86.8. The van der Waals surface area contributed by atoms with E-state index in [4.69, 9.17) is 37.9 Å². The van der Waals surface area contributed by atoms with Crippen molar-refractivity contribution in [3.8, 4) is 0 Å². The molecule has 0 fully saturated rings. The van der Waals surface area contributed by atoms with Crippen molar-refractivity contribution in [2.75, 3.05) is 66.7 Å². The maximum absolute atomic E-state index is 11.8. The Morgan fingerprint density at radius 3 is 0.468 bits per heavy atom. The maximum atomic E-state index is 11.8. The van der Waals surface area contributed by atoms with Crippen molar-refractivity contribution in [1.82, 2.24) is 0 Å². The van der Waals surface area contributed by atoms with E-state index in [1.54, 1.807) is 45.0 Å². The molecular formula is C102H186O28S7Sn2. The zero-order valence-corrected chi connectivity index (χ0v) is 98.8. The van der Waals surface area contributed by atoms with Gasteiger partial charge >= 0.3 is 103 Å².